The summed E-state index contributed by atoms with van der Waals surface area (Å²) in [5.74, 6) is 0.362. The topological polar surface area (TPSA) is 68.7 Å². The second-order valence-electron chi connectivity index (χ2n) is 7.37. The van der Waals surface area contributed by atoms with Crippen molar-refractivity contribution in [2.75, 3.05) is 12.0 Å². The van der Waals surface area contributed by atoms with E-state index in [1.165, 1.54) is 16.2 Å². The minimum atomic E-state index is -0.803. The van der Waals surface area contributed by atoms with E-state index >= 15 is 0 Å². The lowest BCUT2D eigenvalue weighted by Crippen LogP contribution is -2.48. The fraction of sp³-hybridized carbons (Fsp3) is 0.500. The second kappa shape index (κ2) is 4.59. The molecule has 3 fully saturated rings. The average molecular weight is 358 g/mol. The van der Waals surface area contributed by atoms with Crippen LogP contribution in [0.15, 0.2) is 18.2 Å². The van der Waals surface area contributed by atoms with Crippen molar-refractivity contribution in [2.24, 2.45) is 10.8 Å². The molecule has 0 unspecified atom stereocenters. The molecular weight excluding hydrogens is 340 g/mol. The highest BCUT2D eigenvalue weighted by Crippen LogP contribution is 2.64. The normalized spacial score (nSPS) is 36.5. The van der Waals surface area contributed by atoms with Crippen LogP contribution in [0.3, 0.4) is 0 Å². The maximum atomic E-state index is 13.3. The van der Waals surface area contributed by atoms with E-state index in [0.717, 1.165) is 28.8 Å². The number of nitrogens with zero attached hydrogens (tertiary/aromatic N) is 2. The molecule has 3 aliphatic heterocycles. The molecule has 3 aliphatic rings. The van der Waals surface area contributed by atoms with Crippen LogP contribution in [0.2, 0.25) is 0 Å². The van der Waals surface area contributed by atoms with Gasteiger partial charge in [0.15, 0.2) is 5.13 Å². The van der Waals surface area contributed by atoms with Crippen molar-refractivity contribution >= 4 is 38.5 Å². The van der Waals surface area contributed by atoms with Crippen molar-refractivity contribution < 1.29 is 19.1 Å². The lowest BCUT2D eigenvalue weighted by Gasteiger charge is -2.36. The van der Waals surface area contributed by atoms with Crippen LogP contribution < -0.4 is 9.64 Å². The molecule has 5 rings (SSSR count). The molecule has 0 N–H and O–H groups in total. The summed E-state index contributed by atoms with van der Waals surface area (Å²) in [6, 6.07) is 5.54. The Labute approximate surface area is 148 Å². The highest BCUT2D eigenvalue weighted by Gasteiger charge is 2.77. The Morgan fingerprint density at radius 1 is 1.20 bits per heavy atom. The molecule has 7 heteroatoms. The Bertz CT molecular complexity index is 906. The number of benzene rings is 1. The quantitative estimate of drug-likeness (QED) is 0.772. The number of carbonyl (C=O) groups is 2. The van der Waals surface area contributed by atoms with E-state index in [1.807, 2.05) is 32.0 Å². The monoisotopic (exact) mass is 358 g/mol. The average Bonchev–Trinajstić information content (AvgIpc) is 3.32. The molecule has 2 bridgehead atoms. The van der Waals surface area contributed by atoms with Gasteiger partial charge in [0, 0.05) is 0 Å². The van der Waals surface area contributed by atoms with Crippen molar-refractivity contribution in [3.05, 3.63) is 18.2 Å². The number of methoxy groups -OCH3 is 1. The zero-order valence-corrected chi connectivity index (χ0v) is 15.1. The van der Waals surface area contributed by atoms with Gasteiger partial charge >= 0.3 is 0 Å². The molecule has 2 aromatic rings. The van der Waals surface area contributed by atoms with Gasteiger partial charge in [0.2, 0.25) is 11.8 Å². The highest BCUT2D eigenvalue weighted by molar-refractivity contribution is 7.22. The third-order valence-electron chi connectivity index (χ3n) is 6.46. The Morgan fingerprint density at radius 3 is 2.44 bits per heavy atom. The number of thiazole rings is 1. The summed E-state index contributed by atoms with van der Waals surface area (Å²) in [4.78, 5) is 32.4. The first kappa shape index (κ1) is 15.3. The predicted octanol–water partition coefficient (Wildman–Crippen LogP) is 2.75. The van der Waals surface area contributed by atoms with E-state index in [9.17, 15) is 9.59 Å². The molecule has 0 radical (unpaired) electrons. The van der Waals surface area contributed by atoms with Gasteiger partial charge in [-0.15, -0.1) is 0 Å². The summed E-state index contributed by atoms with van der Waals surface area (Å²) in [5, 5.41) is 0.439. The number of carbonyl (C=O) groups excluding carboxylic acids is 2. The number of hydrogen-bond donors (Lipinski definition) is 0. The molecule has 0 saturated carbocycles. The van der Waals surface area contributed by atoms with Gasteiger partial charge in [0.05, 0.1) is 40.4 Å². The number of imide groups is 1. The molecule has 4 atom stereocenters. The summed E-state index contributed by atoms with van der Waals surface area (Å²) >= 11 is 1.34. The zero-order valence-electron chi connectivity index (χ0n) is 14.2. The number of aromatic nitrogens is 1. The lowest BCUT2D eigenvalue weighted by atomic mass is 9.59. The number of anilines is 1. The fourth-order valence-corrected chi connectivity index (χ4v) is 5.71. The molecule has 2 amide bonds. The first-order valence-electron chi connectivity index (χ1n) is 8.40. The van der Waals surface area contributed by atoms with E-state index in [2.05, 4.69) is 4.98 Å². The van der Waals surface area contributed by atoms with E-state index in [4.69, 9.17) is 9.47 Å². The summed E-state index contributed by atoms with van der Waals surface area (Å²) in [6.45, 7) is 3.76. The molecule has 3 saturated heterocycles. The maximum absolute atomic E-state index is 13.3. The third-order valence-corrected chi connectivity index (χ3v) is 7.46. The minimum absolute atomic E-state index is 0.182. The van der Waals surface area contributed by atoms with Gasteiger partial charge in [-0.25, -0.2) is 9.88 Å². The smallest absolute Gasteiger partial charge is 0.245 e. The molecule has 130 valence electrons. The van der Waals surface area contributed by atoms with E-state index in [1.54, 1.807) is 7.11 Å². The van der Waals surface area contributed by atoms with E-state index in [0.29, 0.717) is 5.13 Å². The number of hydrogen-bond acceptors (Lipinski definition) is 6. The van der Waals surface area contributed by atoms with Crippen LogP contribution in [0.4, 0.5) is 5.13 Å². The van der Waals surface area contributed by atoms with Crippen LogP contribution in [0, 0.1) is 10.8 Å². The SMILES string of the molecule is COc1ccc2nc(N3C(=O)[C@@]4(C)[C@@H]5CC[C@@H](O5)[C@@]4(C)C3=O)sc2c1. The molecule has 0 aliphatic carbocycles. The number of rotatable bonds is 2. The van der Waals surface area contributed by atoms with Crippen molar-refractivity contribution in [2.45, 2.75) is 38.9 Å². The third kappa shape index (κ3) is 1.57. The minimum Gasteiger partial charge on any atom is -0.497 e. The molecule has 0 spiro atoms. The maximum Gasteiger partial charge on any atom is 0.245 e. The first-order valence-corrected chi connectivity index (χ1v) is 9.22. The van der Waals surface area contributed by atoms with Crippen molar-refractivity contribution in [1.82, 2.24) is 4.98 Å². The van der Waals surface area contributed by atoms with E-state index < -0.39 is 10.8 Å². The number of amides is 2. The Morgan fingerprint density at radius 2 is 1.84 bits per heavy atom. The Balaban J connectivity index is 1.64. The van der Waals surface area contributed by atoms with Crippen molar-refractivity contribution in [1.29, 1.82) is 0 Å². The largest absolute Gasteiger partial charge is 0.497 e. The van der Waals surface area contributed by atoms with Gasteiger partial charge in [-0.1, -0.05) is 11.3 Å². The summed E-state index contributed by atoms with van der Waals surface area (Å²) in [5.41, 5.74) is -0.849. The van der Waals surface area contributed by atoms with Gasteiger partial charge < -0.3 is 9.47 Å². The zero-order chi connectivity index (χ0) is 17.6. The van der Waals surface area contributed by atoms with Gasteiger partial charge in [-0.3, -0.25) is 9.59 Å². The fourth-order valence-electron chi connectivity index (χ4n) is 4.72. The number of fused-ring (bicyclic) bond motifs is 6. The van der Waals surface area contributed by atoms with Gasteiger partial charge in [-0.05, 0) is 44.9 Å². The van der Waals surface area contributed by atoms with Crippen LogP contribution in [0.25, 0.3) is 10.2 Å². The van der Waals surface area contributed by atoms with Gasteiger partial charge in [0.1, 0.15) is 5.75 Å². The van der Waals surface area contributed by atoms with Crippen LogP contribution in [-0.4, -0.2) is 36.1 Å². The summed E-state index contributed by atoms with van der Waals surface area (Å²) in [7, 11) is 1.61. The van der Waals surface area contributed by atoms with Crippen LogP contribution in [-0.2, 0) is 14.3 Å². The Kier molecular flexibility index (Phi) is 2.81. The standard InChI is InChI=1S/C18H18N2O4S/c1-17-12-6-7-13(24-12)18(17,2)15(22)20(14(17)21)16-19-10-5-4-9(23-3)8-11(10)25-16/h4-5,8,12-13H,6-7H2,1-3H3/t12-,13+,17+,18-. The lowest BCUT2D eigenvalue weighted by molar-refractivity contribution is -0.132. The van der Waals surface area contributed by atoms with Gasteiger partial charge in [-0.2, -0.15) is 0 Å². The molecule has 6 nitrogen and oxygen atoms in total. The van der Waals surface area contributed by atoms with Crippen LogP contribution in [0.5, 0.6) is 5.75 Å². The molecular formula is C18H18N2O4S. The van der Waals surface area contributed by atoms with Gasteiger partial charge in [0.25, 0.3) is 0 Å². The Hall–Kier alpha value is -1.99. The summed E-state index contributed by atoms with van der Waals surface area (Å²) < 4.78 is 12.1. The molecule has 1 aromatic carbocycles. The van der Waals surface area contributed by atoms with Crippen LogP contribution >= 0.6 is 11.3 Å². The molecule has 4 heterocycles. The first-order chi connectivity index (χ1) is 11.9. The van der Waals surface area contributed by atoms with E-state index in [-0.39, 0.29) is 24.0 Å². The molecule has 25 heavy (non-hydrogen) atoms. The highest BCUT2D eigenvalue weighted by atomic mass is 32.1. The number of ether oxygens (including phenoxy) is 2. The van der Waals surface area contributed by atoms with Crippen molar-refractivity contribution in [3.8, 4) is 5.75 Å². The van der Waals surface area contributed by atoms with Crippen molar-refractivity contribution in [3.63, 3.8) is 0 Å². The molecule has 1 aromatic heterocycles. The summed E-state index contributed by atoms with van der Waals surface area (Å²) in [6.07, 6.45) is 1.30. The second-order valence-corrected chi connectivity index (χ2v) is 8.38. The predicted molar refractivity (Wildman–Crippen MR) is 92.8 cm³/mol. The van der Waals surface area contributed by atoms with Crippen LogP contribution in [0.1, 0.15) is 26.7 Å².